The molecule has 0 spiro atoms. The van der Waals surface area contributed by atoms with Crippen LogP contribution in [0.1, 0.15) is 5.56 Å². The summed E-state index contributed by atoms with van der Waals surface area (Å²) in [7, 11) is -2.52. The van der Waals surface area contributed by atoms with Crippen LogP contribution < -0.4 is 15.6 Å². The molecule has 1 aromatic carbocycles. The smallest absolute Gasteiger partial charge is 0.267 e. The first-order valence-corrected chi connectivity index (χ1v) is 7.35. The van der Waals surface area contributed by atoms with Crippen LogP contribution in [0, 0.1) is 11.3 Å². The average molecular weight is 303 g/mol. The maximum Gasteiger partial charge on any atom is 0.267 e. The molecule has 21 heavy (non-hydrogen) atoms. The first kappa shape index (κ1) is 14.8. The number of rotatable bonds is 4. The highest BCUT2D eigenvalue weighted by atomic mass is 32.2. The van der Waals surface area contributed by atoms with Crippen LogP contribution >= 0.6 is 0 Å². The van der Waals surface area contributed by atoms with E-state index >= 15 is 0 Å². The normalized spacial score (nSPS) is 10.7. The van der Waals surface area contributed by atoms with Crippen molar-refractivity contribution in [2.24, 2.45) is 5.84 Å². The number of para-hydroxylation sites is 1. The van der Waals surface area contributed by atoms with Gasteiger partial charge in [-0.05, 0) is 18.2 Å². The Morgan fingerprint density at radius 1 is 1.33 bits per heavy atom. The molecule has 2 aromatic rings. The van der Waals surface area contributed by atoms with Gasteiger partial charge in [-0.2, -0.15) is 5.26 Å². The van der Waals surface area contributed by atoms with Crippen molar-refractivity contribution in [3.8, 4) is 6.07 Å². The van der Waals surface area contributed by atoms with Gasteiger partial charge in [0.25, 0.3) is 10.0 Å². The van der Waals surface area contributed by atoms with E-state index in [1.165, 1.54) is 25.5 Å². The lowest BCUT2D eigenvalue weighted by molar-refractivity contribution is 0.594. The Hall–Kier alpha value is -2.63. The highest BCUT2D eigenvalue weighted by molar-refractivity contribution is 7.93. The second-order valence-corrected chi connectivity index (χ2v) is 6.06. The van der Waals surface area contributed by atoms with E-state index in [1.807, 2.05) is 6.07 Å². The summed E-state index contributed by atoms with van der Waals surface area (Å²) in [4.78, 5) is 3.74. The summed E-state index contributed by atoms with van der Waals surface area (Å²) in [5, 5.41) is 9.09. The van der Waals surface area contributed by atoms with E-state index in [9.17, 15) is 8.42 Å². The molecule has 108 valence electrons. The number of nitrogens with zero attached hydrogens (tertiary/aromatic N) is 3. The third-order valence-corrected chi connectivity index (χ3v) is 4.74. The van der Waals surface area contributed by atoms with Gasteiger partial charge in [0.1, 0.15) is 11.0 Å². The Labute approximate surface area is 122 Å². The van der Waals surface area contributed by atoms with E-state index < -0.39 is 10.0 Å². The van der Waals surface area contributed by atoms with Gasteiger partial charge in [0.05, 0.1) is 16.9 Å². The van der Waals surface area contributed by atoms with Crippen LogP contribution in [0.4, 0.5) is 11.4 Å². The molecule has 2 rings (SSSR count). The first-order chi connectivity index (χ1) is 10.0. The van der Waals surface area contributed by atoms with E-state index in [1.54, 1.807) is 24.3 Å². The third kappa shape index (κ3) is 2.65. The lowest BCUT2D eigenvalue weighted by atomic mass is 10.2. The van der Waals surface area contributed by atoms with Crippen molar-refractivity contribution in [2.45, 2.75) is 4.90 Å². The number of nitrogens with two attached hydrogens (primary N) is 1. The molecule has 0 aliphatic rings. The molecule has 0 unspecified atom stereocenters. The summed E-state index contributed by atoms with van der Waals surface area (Å²) in [6.45, 7) is 0. The SMILES string of the molecule is CN(c1ccccc1C#N)S(=O)(=O)c1cnccc1NN. The van der Waals surface area contributed by atoms with Gasteiger partial charge in [-0.25, -0.2) is 8.42 Å². The number of hydrogen-bond donors (Lipinski definition) is 2. The van der Waals surface area contributed by atoms with Crippen LogP contribution in [0.3, 0.4) is 0 Å². The number of hydrogen-bond acceptors (Lipinski definition) is 6. The Morgan fingerprint density at radius 3 is 2.71 bits per heavy atom. The Kier molecular flexibility index (Phi) is 4.07. The van der Waals surface area contributed by atoms with Gasteiger partial charge in [0.2, 0.25) is 0 Å². The quantitative estimate of drug-likeness (QED) is 0.645. The van der Waals surface area contributed by atoms with E-state index in [-0.39, 0.29) is 21.8 Å². The average Bonchev–Trinajstić information content (AvgIpc) is 2.53. The molecule has 1 aromatic heterocycles. The number of nitriles is 1. The first-order valence-electron chi connectivity index (χ1n) is 5.91. The predicted octanol–water partition coefficient (Wildman–Crippen LogP) is 1.06. The summed E-state index contributed by atoms with van der Waals surface area (Å²) in [6.07, 6.45) is 2.63. The summed E-state index contributed by atoms with van der Waals surface area (Å²) >= 11 is 0. The fourth-order valence-electron chi connectivity index (χ4n) is 1.82. The van der Waals surface area contributed by atoms with Crippen molar-refractivity contribution in [1.29, 1.82) is 5.26 Å². The molecule has 3 N–H and O–H groups in total. The second kappa shape index (κ2) is 5.78. The molecule has 0 bridgehead atoms. The van der Waals surface area contributed by atoms with Gasteiger partial charge in [-0.15, -0.1) is 0 Å². The van der Waals surface area contributed by atoms with Gasteiger partial charge in [-0.3, -0.25) is 15.1 Å². The minimum absolute atomic E-state index is 0.0669. The van der Waals surface area contributed by atoms with Crippen molar-refractivity contribution in [2.75, 3.05) is 16.8 Å². The van der Waals surface area contributed by atoms with Gasteiger partial charge in [-0.1, -0.05) is 12.1 Å². The van der Waals surface area contributed by atoms with Crippen molar-refractivity contribution < 1.29 is 8.42 Å². The van der Waals surface area contributed by atoms with Crippen LogP contribution in [0.5, 0.6) is 0 Å². The van der Waals surface area contributed by atoms with Crippen LogP contribution in [-0.2, 0) is 10.0 Å². The summed E-state index contributed by atoms with van der Waals surface area (Å²) in [6, 6.07) is 9.85. The summed E-state index contributed by atoms with van der Waals surface area (Å²) in [5.41, 5.74) is 3.10. The maximum absolute atomic E-state index is 12.7. The lowest BCUT2D eigenvalue weighted by Crippen LogP contribution is -2.28. The molecule has 0 atom stereocenters. The molecule has 0 aliphatic heterocycles. The summed E-state index contributed by atoms with van der Waals surface area (Å²) in [5.74, 6) is 5.33. The number of aromatic nitrogens is 1. The van der Waals surface area contributed by atoms with Crippen LogP contribution in [0.25, 0.3) is 0 Å². The highest BCUT2D eigenvalue weighted by Gasteiger charge is 2.26. The van der Waals surface area contributed by atoms with Crippen molar-refractivity contribution in [1.82, 2.24) is 4.98 Å². The topological polar surface area (TPSA) is 112 Å². The van der Waals surface area contributed by atoms with E-state index in [2.05, 4.69) is 10.4 Å². The summed E-state index contributed by atoms with van der Waals surface area (Å²) < 4.78 is 26.4. The van der Waals surface area contributed by atoms with E-state index in [0.717, 1.165) is 4.31 Å². The minimum Gasteiger partial charge on any atom is -0.323 e. The number of hydrazine groups is 1. The number of nitrogens with one attached hydrogen (secondary N) is 1. The second-order valence-electron chi connectivity index (χ2n) is 4.12. The Bertz CT molecular complexity index is 798. The molecular formula is C13H13N5O2S. The van der Waals surface area contributed by atoms with Crippen LogP contribution in [-0.4, -0.2) is 20.4 Å². The van der Waals surface area contributed by atoms with Crippen LogP contribution in [0.2, 0.25) is 0 Å². The zero-order chi connectivity index (χ0) is 15.5. The molecule has 7 nitrogen and oxygen atoms in total. The van der Waals surface area contributed by atoms with Crippen molar-refractivity contribution in [3.05, 3.63) is 48.3 Å². The molecule has 8 heteroatoms. The largest absolute Gasteiger partial charge is 0.323 e. The standard InChI is InChI=1S/C13H13N5O2S/c1-18(12-5-3-2-4-10(12)8-14)21(19,20)13-9-16-7-6-11(13)17-15/h2-7,9H,15H2,1H3,(H,16,17). The highest BCUT2D eigenvalue weighted by Crippen LogP contribution is 2.28. The van der Waals surface area contributed by atoms with Gasteiger partial charge >= 0.3 is 0 Å². The molecule has 0 amide bonds. The monoisotopic (exact) mass is 303 g/mol. The molecule has 0 saturated carbocycles. The minimum atomic E-state index is -3.89. The number of anilines is 2. The maximum atomic E-state index is 12.7. The van der Waals surface area contributed by atoms with Gasteiger partial charge < -0.3 is 5.43 Å². The molecule has 0 radical (unpaired) electrons. The zero-order valence-electron chi connectivity index (χ0n) is 11.2. The number of benzene rings is 1. The predicted molar refractivity (Wildman–Crippen MR) is 78.8 cm³/mol. The third-order valence-electron chi connectivity index (χ3n) is 2.94. The van der Waals surface area contributed by atoms with Gasteiger partial charge in [0.15, 0.2) is 0 Å². The molecule has 0 saturated heterocycles. The molecule has 0 fully saturated rings. The van der Waals surface area contributed by atoms with E-state index in [4.69, 9.17) is 11.1 Å². The molecule has 1 heterocycles. The molecular weight excluding hydrogens is 290 g/mol. The van der Waals surface area contributed by atoms with Crippen molar-refractivity contribution >= 4 is 21.4 Å². The number of sulfonamides is 1. The van der Waals surface area contributed by atoms with Crippen molar-refractivity contribution in [3.63, 3.8) is 0 Å². The number of nitrogen functional groups attached to an aromatic ring is 1. The number of pyridine rings is 1. The fourth-order valence-corrected chi connectivity index (χ4v) is 3.14. The van der Waals surface area contributed by atoms with Gasteiger partial charge in [0, 0.05) is 19.4 Å². The lowest BCUT2D eigenvalue weighted by Gasteiger charge is -2.21. The molecule has 0 aliphatic carbocycles. The van der Waals surface area contributed by atoms with E-state index in [0.29, 0.717) is 0 Å². The Balaban J connectivity index is 2.56. The van der Waals surface area contributed by atoms with Crippen LogP contribution in [0.15, 0.2) is 47.6 Å². The Morgan fingerprint density at radius 2 is 2.05 bits per heavy atom. The fraction of sp³-hybridized carbons (Fsp3) is 0.0769. The zero-order valence-corrected chi connectivity index (χ0v) is 12.0.